The predicted molar refractivity (Wildman–Crippen MR) is 87.8 cm³/mol. The fourth-order valence-corrected chi connectivity index (χ4v) is 3.39. The maximum atomic E-state index is 5.38. The van der Waals surface area contributed by atoms with E-state index in [-0.39, 0.29) is 0 Å². The number of rotatable bonds is 5. The van der Waals surface area contributed by atoms with E-state index in [0.29, 0.717) is 0 Å². The number of nitrogens with zero attached hydrogens (tertiary/aromatic N) is 4. The summed E-state index contributed by atoms with van der Waals surface area (Å²) in [6.45, 7) is 6.53. The molecule has 0 spiro atoms. The number of aromatic nitrogens is 3. The van der Waals surface area contributed by atoms with Crippen LogP contribution in [0, 0.1) is 6.92 Å². The maximum absolute atomic E-state index is 5.38. The van der Waals surface area contributed by atoms with Crippen molar-refractivity contribution in [1.82, 2.24) is 19.7 Å². The largest absolute Gasteiger partial charge is 0.379 e. The molecule has 0 amide bonds. The van der Waals surface area contributed by atoms with Gasteiger partial charge in [-0.1, -0.05) is 41.6 Å². The highest BCUT2D eigenvalue weighted by molar-refractivity contribution is 7.98. The summed E-state index contributed by atoms with van der Waals surface area (Å²) in [4.78, 5) is 2.36. The summed E-state index contributed by atoms with van der Waals surface area (Å²) in [5.41, 5.74) is 2.62. The zero-order chi connectivity index (χ0) is 15.4. The molecule has 0 saturated carbocycles. The van der Waals surface area contributed by atoms with Crippen LogP contribution in [0.1, 0.15) is 17.0 Å². The van der Waals surface area contributed by atoms with E-state index in [1.807, 2.05) is 7.05 Å². The Kier molecular flexibility index (Phi) is 5.12. The van der Waals surface area contributed by atoms with Crippen molar-refractivity contribution >= 4 is 11.8 Å². The van der Waals surface area contributed by atoms with Crippen LogP contribution in [0.4, 0.5) is 0 Å². The molecule has 0 radical (unpaired) electrons. The summed E-state index contributed by atoms with van der Waals surface area (Å²) < 4.78 is 7.49. The summed E-state index contributed by atoms with van der Waals surface area (Å²) >= 11 is 1.74. The monoisotopic (exact) mass is 318 g/mol. The van der Waals surface area contributed by atoms with E-state index in [4.69, 9.17) is 4.74 Å². The van der Waals surface area contributed by atoms with Crippen LogP contribution in [0.3, 0.4) is 0 Å². The topological polar surface area (TPSA) is 43.2 Å². The second-order valence-corrected chi connectivity index (χ2v) is 6.57. The third kappa shape index (κ3) is 3.88. The minimum Gasteiger partial charge on any atom is -0.379 e. The molecule has 2 heterocycles. The van der Waals surface area contributed by atoms with Crippen LogP contribution in [0.2, 0.25) is 0 Å². The molecule has 6 heteroatoms. The Morgan fingerprint density at radius 2 is 2.05 bits per heavy atom. The van der Waals surface area contributed by atoms with Crippen LogP contribution in [0.25, 0.3) is 0 Å². The summed E-state index contributed by atoms with van der Waals surface area (Å²) in [5.74, 6) is 1.94. The molecule has 0 N–H and O–H groups in total. The summed E-state index contributed by atoms with van der Waals surface area (Å²) in [6.07, 6.45) is 0. The van der Waals surface area contributed by atoms with Crippen molar-refractivity contribution in [1.29, 1.82) is 0 Å². The Labute approximate surface area is 135 Å². The minimum absolute atomic E-state index is 0.812. The van der Waals surface area contributed by atoms with Crippen molar-refractivity contribution < 1.29 is 4.74 Å². The second kappa shape index (κ2) is 7.26. The normalized spacial score (nSPS) is 16.1. The van der Waals surface area contributed by atoms with Crippen molar-refractivity contribution in [3.05, 3.63) is 41.2 Å². The molecule has 0 aliphatic carbocycles. The average molecular weight is 318 g/mol. The van der Waals surface area contributed by atoms with Crippen LogP contribution >= 0.6 is 11.8 Å². The molecule has 1 aliphatic heterocycles. The first-order valence-electron chi connectivity index (χ1n) is 7.59. The standard InChI is InChI=1S/C16H22N4OS/c1-13-4-3-5-14(10-13)12-22-16-18-17-15(19(16)2)11-20-6-8-21-9-7-20/h3-5,10H,6-9,11-12H2,1-2H3. The highest BCUT2D eigenvalue weighted by Crippen LogP contribution is 2.22. The van der Waals surface area contributed by atoms with Crippen molar-refractivity contribution in [2.75, 3.05) is 26.3 Å². The van der Waals surface area contributed by atoms with E-state index in [9.17, 15) is 0 Å². The molecule has 1 aliphatic rings. The van der Waals surface area contributed by atoms with Crippen LogP contribution < -0.4 is 0 Å². The molecule has 1 aromatic carbocycles. The Morgan fingerprint density at radius 1 is 1.23 bits per heavy atom. The quantitative estimate of drug-likeness (QED) is 0.791. The van der Waals surface area contributed by atoms with Crippen molar-refractivity contribution in [2.45, 2.75) is 24.4 Å². The van der Waals surface area contributed by atoms with Gasteiger partial charge >= 0.3 is 0 Å². The summed E-state index contributed by atoms with van der Waals surface area (Å²) in [6, 6.07) is 8.60. The molecular formula is C16H22N4OS. The van der Waals surface area contributed by atoms with E-state index in [1.165, 1.54) is 11.1 Å². The first-order valence-corrected chi connectivity index (χ1v) is 8.57. The zero-order valence-corrected chi connectivity index (χ0v) is 14.0. The maximum Gasteiger partial charge on any atom is 0.191 e. The Bertz CT molecular complexity index is 622. The van der Waals surface area contributed by atoms with Gasteiger partial charge in [0.1, 0.15) is 5.82 Å². The third-order valence-corrected chi connectivity index (χ3v) is 4.94. The lowest BCUT2D eigenvalue weighted by atomic mass is 10.2. The first kappa shape index (κ1) is 15.5. The fourth-order valence-electron chi connectivity index (χ4n) is 2.52. The van der Waals surface area contributed by atoms with Gasteiger partial charge in [-0.05, 0) is 12.5 Å². The molecule has 0 bridgehead atoms. The van der Waals surface area contributed by atoms with Crippen molar-refractivity contribution in [3.8, 4) is 0 Å². The molecule has 1 aromatic heterocycles. The molecule has 0 unspecified atom stereocenters. The SMILES string of the molecule is Cc1cccc(CSc2nnc(CN3CCOCC3)n2C)c1. The number of morpholine rings is 1. The lowest BCUT2D eigenvalue weighted by Crippen LogP contribution is -2.36. The number of thioether (sulfide) groups is 1. The fraction of sp³-hybridized carbons (Fsp3) is 0.500. The van der Waals surface area contributed by atoms with Gasteiger partial charge in [0.15, 0.2) is 5.16 Å². The second-order valence-electron chi connectivity index (χ2n) is 5.62. The molecule has 1 saturated heterocycles. The van der Waals surface area contributed by atoms with Gasteiger partial charge in [0.25, 0.3) is 0 Å². The lowest BCUT2D eigenvalue weighted by molar-refractivity contribution is 0.0326. The van der Waals surface area contributed by atoms with E-state index in [0.717, 1.165) is 49.6 Å². The number of ether oxygens (including phenoxy) is 1. The highest BCUT2D eigenvalue weighted by atomic mass is 32.2. The van der Waals surface area contributed by atoms with Gasteiger partial charge < -0.3 is 9.30 Å². The van der Waals surface area contributed by atoms with Gasteiger partial charge in [-0.2, -0.15) is 0 Å². The van der Waals surface area contributed by atoms with Crippen LogP contribution in [-0.4, -0.2) is 46.0 Å². The number of benzene rings is 1. The van der Waals surface area contributed by atoms with E-state index >= 15 is 0 Å². The molecular weight excluding hydrogens is 296 g/mol. The van der Waals surface area contributed by atoms with Crippen LogP contribution in [-0.2, 0) is 24.1 Å². The summed E-state index contributed by atoms with van der Waals surface area (Å²) in [5, 5.41) is 9.66. The van der Waals surface area contributed by atoms with E-state index in [1.54, 1.807) is 11.8 Å². The average Bonchev–Trinajstić information content (AvgIpc) is 2.87. The molecule has 118 valence electrons. The van der Waals surface area contributed by atoms with Gasteiger partial charge in [-0.3, -0.25) is 4.90 Å². The Balaban J connectivity index is 1.60. The minimum atomic E-state index is 0.812. The van der Waals surface area contributed by atoms with Gasteiger partial charge in [0, 0.05) is 25.9 Å². The van der Waals surface area contributed by atoms with Crippen LogP contribution in [0.15, 0.2) is 29.4 Å². The number of aryl methyl sites for hydroxylation is 1. The molecule has 1 fully saturated rings. The van der Waals surface area contributed by atoms with Gasteiger partial charge in [-0.25, -0.2) is 0 Å². The number of hydrogen-bond donors (Lipinski definition) is 0. The summed E-state index contributed by atoms with van der Waals surface area (Å²) in [7, 11) is 2.05. The number of hydrogen-bond acceptors (Lipinski definition) is 5. The molecule has 22 heavy (non-hydrogen) atoms. The Morgan fingerprint density at radius 3 is 2.82 bits per heavy atom. The first-order chi connectivity index (χ1) is 10.7. The van der Waals surface area contributed by atoms with E-state index in [2.05, 4.69) is 50.9 Å². The molecule has 3 rings (SSSR count). The highest BCUT2D eigenvalue weighted by Gasteiger charge is 2.15. The van der Waals surface area contributed by atoms with Crippen molar-refractivity contribution in [3.63, 3.8) is 0 Å². The smallest absolute Gasteiger partial charge is 0.191 e. The van der Waals surface area contributed by atoms with E-state index < -0.39 is 0 Å². The van der Waals surface area contributed by atoms with Gasteiger partial charge in [-0.15, -0.1) is 10.2 Å². The third-order valence-electron chi connectivity index (χ3n) is 3.84. The zero-order valence-electron chi connectivity index (χ0n) is 13.2. The van der Waals surface area contributed by atoms with Crippen molar-refractivity contribution in [2.24, 2.45) is 7.05 Å². The van der Waals surface area contributed by atoms with Gasteiger partial charge in [0.2, 0.25) is 0 Å². The molecule has 5 nitrogen and oxygen atoms in total. The Hall–Kier alpha value is -1.37. The lowest BCUT2D eigenvalue weighted by Gasteiger charge is -2.25. The molecule has 2 aromatic rings. The predicted octanol–water partition coefficient (Wildman–Crippen LogP) is 2.25. The van der Waals surface area contributed by atoms with Crippen LogP contribution in [0.5, 0.6) is 0 Å². The van der Waals surface area contributed by atoms with Gasteiger partial charge in [0.05, 0.1) is 19.8 Å². The molecule has 0 atom stereocenters.